The lowest BCUT2D eigenvalue weighted by Crippen LogP contribution is -2.60. The number of allylic oxidation sites excluding steroid dienone is 1. The Kier molecular flexibility index (Phi) is 6.56. The summed E-state index contributed by atoms with van der Waals surface area (Å²) in [6, 6.07) is 2.32. The number of likely N-dealkylation sites (N-methyl/N-ethyl adjacent to an activating group) is 1. The van der Waals surface area contributed by atoms with E-state index in [1.807, 2.05) is 4.90 Å². The van der Waals surface area contributed by atoms with Crippen LogP contribution in [-0.2, 0) is 16.0 Å². The first-order valence-electron chi connectivity index (χ1n) is 10.7. The maximum absolute atomic E-state index is 13.5. The molecule has 2 aliphatic carbocycles. The van der Waals surface area contributed by atoms with Crippen molar-refractivity contribution in [2.75, 3.05) is 39.7 Å². The Morgan fingerprint density at radius 2 is 1.85 bits per heavy atom. The minimum atomic E-state index is -2.60. The molecule has 33 heavy (non-hydrogen) atoms. The molecule has 180 valence electrons. The zero-order valence-corrected chi connectivity index (χ0v) is 19.2. The Bertz CT molecular complexity index is 1030. The number of hydrogen-bond acceptors (Lipinski definition) is 9. The van der Waals surface area contributed by atoms with Gasteiger partial charge in [-0.3, -0.25) is 14.4 Å². The maximum atomic E-state index is 13.5. The van der Waals surface area contributed by atoms with Gasteiger partial charge in [-0.2, -0.15) is 0 Å². The molecule has 0 saturated carbocycles. The number of nitrogens with zero attached hydrogens (tertiary/aromatic N) is 2. The standard InChI is InChI=1S/C23H31N3O7/c1-25(2)14-5-6-16(28)20-12(14)7-11-8-13(15(10-27)26(3)4)23(33,17(29)9-18(24)30)22(32)19(11)21(20)31/h5-6,11,13,15,27-28,32-33H,7-10H2,1-4H3,(H2,24,30)/t11-,13-,15+,23+/m0/s1. The third-order valence-corrected chi connectivity index (χ3v) is 6.84. The number of hydrogen-bond donors (Lipinski definition) is 5. The molecule has 1 aromatic rings. The van der Waals surface area contributed by atoms with Crippen LogP contribution in [0, 0.1) is 11.8 Å². The van der Waals surface area contributed by atoms with Crippen LogP contribution >= 0.6 is 0 Å². The van der Waals surface area contributed by atoms with Gasteiger partial charge in [0.1, 0.15) is 11.5 Å². The number of fused-ring (bicyclic) bond motifs is 2. The molecule has 3 rings (SSSR count). The van der Waals surface area contributed by atoms with Crippen molar-refractivity contribution in [1.29, 1.82) is 0 Å². The van der Waals surface area contributed by atoms with Crippen molar-refractivity contribution < 1.29 is 34.8 Å². The van der Waals surface area contributed by atoms with Gasteiger partial charge >= 0.3 is 0 Å². The topological polar surface area (TPSA) is 165 Å². The van der Waals surface area contributed by atoms with Gasteiger partial charge in [-0.1, -0.05) is 0 Å². The molecular formula is C23H31N3O7. The zero-order chi connectivity index (χ0) is 24.8. The highest BCUT2D eigenvalue weighted by Crippen LogP contribution is 2.50. The smallest absolute Gasteiger partial charge is 0.225 e. The van der Waals surface area contributed by atoms with E-state index in [4.69, 9.17) is 5.73 Å². The van der Waals surface area contributed by atoms with E-state index >= 15 is 0 Å². The van der Waals surface area contributed by atoms with E-state index in [0.29, 0.717) is 5.56 Å². The quantitative estimate of drug-likeness (QED) is 0.344. The normalized spacial score (nSPS) is 25.5. The van der Waals surface area contributed by atoms with Crippen molar-refractivity contribution in [2.45, 2.75) is 30.9 Å². The number of rotatable bonds is 7. The van der Waals surface area contributed by atoms with Crippen LogP contribution in [0.25, 0.3) is 0 Å². The molecule has 10 heteroatoms. The number of Topliss-reactive ketones (excluding diaryl/α,β-unsaturated/α-hetero) is 2. The molecule has 1 aromatic carbocycles. The average Bonchev–Trinajstić information content (AvgIpc) is 2.70. The molecule has 0 fully saturated rings. The number of aliphatic hydroxyl groups is 3. The van der Waals surface area contributed by atoms with Crippen LogP contribution in [0.15, 0.2) is 23.5 Å². The Morgan fingerprint density at radius 1 is 1.21 bits per heavy atom. The number of amides is 1. The van der Waals surface area contributed by atoms with E-state index in [9.17, 15) is 34.8 Å². The molecule has 10 nitrogen and oxygen atoms in total. The van der Waals surface area contributed by atoms with E-state index in [-0.39, 0.29) is 29.7 Å². The first kappa shape index (κ1) is 24.7. The second-order valence-electron chi connectivity index (χ2n) is 9.23. The fourth-order valence-corrected chi connectivity index (χ4v) is 5.25. The molecule has 0 radical (unpaired) electrons. The van der Waals surface area contributed by atoms with Crippen molar-refractivity contribution in [3.8, 4) is 5.75 Å². The number of phenolic OH excluding ortho intramolecular Hbond substituents is 1. The van der Waals surface area contributed by atoms with Crippen LogP contribution in [0.1, 0.15) is 28.8 Å². The number of aliphatic hydroxyl groups excluding tert-OH is 2. The van der Waals surface area contributed by atoms with Gasteiger partial charge in [-0.15, -0.1) is 0 Å². The van der Waals surface area contributed by atoms with Gasteiger partial charge in [0.25, 0.3) is 0 Å². The Labute approximate surface area is 191 Å². The Morgan fingerprint density at radius 3 is 2.36 bits per heavy atom. The SMILES string of the molecule is CN(C)c1ccc(O)c2c1C[C@H]1C[C@@H]([C@@H](CO)N(C)C)[C@@](O)(C(=O)CC(N)=O)C(O)=C1C2=O. The number of nitrogens with two attached hydrogens (primary N) is 1. The lowest BCUT2D eigenvalue weighted by molar-refractivity contribution is -0.151. The third-order valence-electron chi connectivity index (χ3n) is 6.84. The first-order chi connectivity index (χ1) is 15.4. The number of primary amides is 1. The van der Waals surface area contributed by atoms with Gasteiger partial charge in [0.2, 0.25) is 5.91 Å². The average molecular weight is 462 g/mol. The number of carbonyl (C=O) groups excluding carboxylic acids is 3. The minimum Gasteiger partial charge on any atom is -0.508 e. The van der Waals surface area contributed by atoms with Gasteiger partial charge in [0, 0.05) is 37.3 Å². The van der Waals surface area contributed by atoms with Crippen LogP contribution in [0.3, 0.4) is 0 Å². The van der Waals surface area contributed by atoms with E-state index in [2.05, 4.69) is 0 Å². The third kappa shape index (κ3) is 3.88. The lowest BCUT2D eigenvalue weighted by atomic mass is 9.61. The fraction of sp³-hybridized carbons (Fsp3) is 0.522. The van der Waals surface area contributed by atoms with Crippen LogP contribution in [0.4, 0.5) is 5.69 Å². The van der Waals surface area contributed by atoms with Gasteiger partial charge < -0.3 is 36.0 Å². The minimum absolute atomic E-state index is 0.00784. The summed E-state index contributed by atoms with van der Waals surface area (Å²) in [5.41, 5.74) is 3.74. The molecule has 0 unspecified atom stereocenters. The van der Waals surface area contributed by atoms with Crippen LogP contribution < -0.4 is 10.6 Å². The van der Waals surface area contributed by atoms with E-state index in [1.165, 1.54) is 6.07 Å². The lowest BCUT2D eigenvalue weighted by Gasteiger charge is -2.47. The number of carbonyl (C=O) groups is 3. The van der Waals surface area contributed by atoms with Crippen molar-refractivity contribution in [2.24, 2.45) is 17.6 Å². The summed E-state index contributed by atoms with van der Waals surface area (Å²) in [7, 11) is 6.91. The summed E-state index contributed by atoms with van der Waals surface area (Å²) < 4.78 is 0. The van der Waals surface area contributed by atoms with Gasteiger partial charge in [-0.25, -0.2) is 0 Å². The van der Waals surface area contributed by atoms with Crippen molar-refractivity contribution in [1.82, 2.24) is 4.90 Å². The zero-order valence-electron chi connectivity index (χ0n) is 19.2. The van der Waals surface area contributed by atoms with Crippen LogP contribution in [0.2, 0.25) is 0 Å². The van der Waals surface area contributed by atoms with Gasteiger partial charge in [-0.05, 0) is 50.6 Å². The summed E-state index contributed by atoms with van der Waals surface area (Å²) in [6.07, 6.45) is -0.497. The monoisotopic (exact) mass is 461 g/mol. The number of anilines is 1. The molecule has 0 saturated heterocycles. The highest BCUT2D eigenvalue weighted by molar-refractivity contribution is 6.15. The number of aromatic hydroxyl groups is 1. The summed E-state index contributed by atoms with van der Waals surface area (Å²) in [6.45, 7) is -0.437. The van der Waals surface area contributed by atoms with Gasteiger partial charge in [0.05, 0.1) is 18.6 Å². The molecule has 6 N–H and O–H groups in total. The van der Waals surface area contributed by atoms with E-state index in [1.54, 1.807) is 39.2 Å². The highest BCUT2D eigenvalue weighted by atomic mass is 16.3. The molecule has 0 aromatic heterocycles. The van der Waals surface area contributed by atoms with Crippen LogP contribution in [0.5, 0.6) is 5.75 Å². The second kappa shape index (κ2) is 8.77. The molecule has 0 spiro atoms. The largest absolute Gasteiger partial charge is 0.508 e. The predicted molar refractivity (Wildman–Crippen MR) is 120 cm³/mol. The molecular weight excluding hydrogens is 430 g/mol. The Hall–Kier alpha value is -2.95. The van der Waals surface area contributed by atoms with Crippen molar-refractivity contribution >= 4 is 23.2 Å². The van der Waals surface area contributed by atoms with E-state index < -0.39 is 59.7 Å². The summed E-state index contributed by atoms with van der Waals surface area (Å²) in [4.78, 5) is 41.4. The predicted octanol–water partition coefficient (Wildman–Crippen LogP) is -0.257. The molecule has 0 bridgehead atoms. The molecule has 4 atom stereocenters. The number of benzene rings is 1. The van der Waals surface area contributed by atoms with E-state index in [0.717, 1.165) is 5.69 Å². The number of ketones is 2. The van der Waals surface area contributed by atoms with Crippen LogP contribution in [-0.4, -0.2) is 89.2 Å². The highest BCUT2D eigenvalue weighted by Gasteiger charge is 2.58. The first-order valence-corrected chi connectivity index (χ1v) is 10.7. The molecule has 2 aliphatic rings. The second-order valence-corrected chi connectivity index (χ2v) is 9.23. The fourth-order valence-electron chi connectivity index (χ4n) is 5.25. The molecule has 0 heterocycles. The Balaban J connectivity index is 2.26. The number of phenols is 1. The molecule has 1 amide bonds. The molecule has 0 aliphatic heterocycles. The maximum Gasteiger partial charge on any atom is 0.225 e. The summed E-state index contributed by atoms with van der Waals surface area (Å²) >= 11 is 0. The van der Waals surface area contributed by atoms with Crippen molar-refractivity contribution in [3.05, 3.63) is 34.6 Å². The van der Waals surface area contributed by atoms with Gasteiger partial charge in [0.15, 0.2) is 17.2 Å². The van der Waals surface area contributed by atoms with Crippen molar-refractivity contribution in [3.63, 3.8) is 0 Å². The summed E-state index contributed by atoms with van der Waals surface area (Å²) in [5.74, 6) is -5.44. The summed E-state index contributed by atoms with van der Waals surface area (Å²) in [5, 5.41) is 43.2.